The number of carbonyl (C=O) groups is 2. The highest BCUT2D eigenvalue weighted by Gasteiger charge is 2.36. The van der Waals surface area contributed by atoms with Crippen LogP contribution in [0.4, 0.5) is 4.39 Å². The summed E-state index contributed by atoms with van der Waals surface area (Å²) in [6, 6.07) is 0. The van der Waals surface area contributed by atoms with Crippen LogP contribution in [0.15, 0.2) is 4.99 Å². The van der Waals surface area contributed by atoms with E-state index in [0.717, 1.165) is 0 Å². The van der Waals surface area contributed by atoms with E-state index in [0.29, 0.717) is 6.42 Å². The molecule has 3 N–H and O–H groups in total. The van der Waals surface area contributed by atoms with Gasteiger partial charge in [0.15, 0.2) is 0 Å². The minimum atomic E-state index is -2.20. The van der Waals surface area contributed by atoms with Crippen LogP contribution in [-0.4, -0.2) is 29.4 Å². The summed E-state index contributed by atoms with van der Waals surface area (Å²) >= 11 is 0. The zero-order valence-corrected chi connectivity index (χ0v) is 8.00. The number of aliphatic imine (C=N–C) groups is 1. The highest BCUT2D eigenvalue weighted by atomic mass is 19.1. The van der Waals surface area contributed by atoms with Gasteiger partial charge in [-0.15, -0.1) is 0 Å². The topological polar surface area (TPSA) is 84.5 Å². The number of hydrogen-bond acceptors (Lipinski definition) is 3. The van der Waals surface area contributed by atoms with Crippen LogP contribution < -0.4 is 11.1 Å². The Bertz CT molecular complexity index is 312. The first-order valence-corrected chi connectivity index (χ1v) is 4.25. The molecule has 0 spiro atoms. The Hall–Kier alpha value is -1.30. The van der Waals surface area contributed by atoms with Crippen molar-refractivity contribution < 1.29 is 14.0 Å². The molecule has 0 saturated heterocycles. The number of hydrogen-bond donors (Lipinski definition) is 2. The van der Waals surface area contributed by atoms with Crippen molar-refractivity contribution in [1.29, 1.82) is 0 Å². The second-order valence-corrected chi connectivity index (χ2v) is 3.42. The average Bonchev–Trinajstić information content (AvgIpc) is 2.13. The molecule has 2 atom stereocenters. The molecule has 0 aromatic heterocycles. The van der Waals surface area contributed by atoms with Crippen LogP contribution in [0.25, 0.3) is 0 Å². The standard InChI is InChI=1S/C8H12FN3O2/c1-3-8(2,10)7-11-5(13)4(9)6(14)12-7/h4H,3,10H2,1-2H3,(H,11,12,13,14). The van der Waals surface area contributed by atoms with Crippen molar-refractivity contribution in [2.45, 2.75) is 32.0 Å². The fourth-order valence-electron chi connectivity index (χ4n) is 0.925. The van der Waals surface area contributed by atoms with E-state index >= 15 is 0 Å². The van der Waals surface area contributed by atoms with Gasteiger partial charge in [-0.25, -0.2) is 4.39 Å². The maximum atomic E-state index is 12.7. The van der Waals surface area contributed by atoms with Crippen LogP contribution in [0.2, 0.25) is 0 Å². The van der Waals surface area contributed by atoms with Gasteiger partial charge >= 0.3 is 0 Å². The maximum Gasteiger partial charge on any atom is 0.291 e. The van der Waals surface area contributed by atoms with Crippen LogP contribution in [0.3, 0.4) is 0 Å². The number of rotatable bonds is 2. The molecule has 1 aliphatic rings. The minimum Gasteiger partial charge on any atom is -0.319 e. The Morgan fingerprint density at radius 1 is 1.64 bits per heavy atom. The quantitative estimate of drug-likeness (QED) is 0.591. The second kappa shape index (κ2) is 3.45. The van der Waals surface area contributed by atoms with Gasteiger partial charge < -0.3 is 11.1 Å². The normalized spacial score (nSPS) is 26.6. The Morgan fingerprint density at radius 2 is 2.21 bits per heavy atom. The molecular weight excluding hydrogens is 189 g/mol. The van der Waals surface area contributed by atoms with Crippen molar-refractivity contribution in [3.63, 3.8) is 0 Å². The lowest BCUT2D eigenvalue weighted by Gasteiger charge is -2.27. The van der Waals surface area contributed by atoms with E-state index in [2.05, 4.69) is 10.3 Å². The first-order valence-electron chi connectivity index (χ1n) is 4.25. The fourth-order valence-corrected chi connectivity index (χ4v) is 0.925. The van der Waals surface area contributed by atoms with Crippen LogP contribution >= 0.6 is 0 Å². The van der Waals surface area contributed by atoms with E-state index in [4.69, 9.17) is 5.73 Å². The highest BCUT2D eigenvalue weighted by Crippen LogP contribution is 2.11. The Morgan fingerprint density at radius 3 is 2.64 bits per heavy atom. The molecule has 1 rings (SSSR count). The fraction of sp³-hybridized carbons (Fsp3) is 0.625. The largest absolute Gasteiger partial charge is 0.319 e. The number of amides is 2. The van der Waals surface area contributed by atoms with E-state index in [-0.39, 0.29) is 5.84 Å². The van der Waals surface area contributed by atoms with Gasteiger partial charge in [-0.1, -0.05) is 6.92 Å². The monoisotopic (exact) mass is 201 g/mol. The van der Waals surface area contributed by atoms with Crippen LogP contribution in [0.1, 0.15) is 20.3 Å². The number of nitrogens with one attached hydrogen (secondary N) is 1. The van der Waals surface area contributed by atoms with Gasteiger partial charge in [0.05, 0.1) is 5.54 Å². The zero-order chi connectivity index (χ0) is 10.9. The lowest BCUT2D eigenvalue weighted by atomic mass is 9.97. The smallest absolute Gasteiger partial charge is 0.291 e. The summed E-state index contributed by atoms with van der Waals surface area (Å²) in [5, 5.41) is 2.18. The third kappa shape index (κ3) is 1.79. The van der Waals surface area contributed by atoms with Crippen molar-refractivity contribution in [3.8, 4) is 0 Å². The highest BCUT2D eigenvalue weighted by molar-refractivity contribution is 6.19. The molecule has 1 aliphatic heterocycles. The summed E-state index contributed by atoms with van der Waals surface area (Å²) in [6.45, 7) is 3.39. The summed E-state index contributed by atoms with van der Waals surface area (Å²) in [6.07, 6.45) is -1.72. The SMILES string of the molecule is CCC(C)(N)C1=NC(=O)C(F)C(=O)N1. The van der Waals surface area contributed by atoms with Crippen LogP contribution in [-0.2, 0) is 9.59 Å². The molecule has 0 aromatic carbocycles. The Kier molecular flexibility index (Phi) is 2.66. The molecule has 0 saturated carbocycles. The van der Waals surface area contributed by atoms with Gasteiger partial charge in [0.25, 0.3) is 18.0 Å². The first-order chi connectivity index (χ1) is 6.38. The third-order valence-corrected chi connectivity index (χ3v) is 2.19. The van der Waals surface area contributed by atoms with Gasteiger partial charge in [0, 0.05) is 0 Å². The van der Waals surface area contributed by atoms with E-state index in [1.165, 1.54) is 0 Å². The lowest BCUT2D eigenvalue weighted by molar-refractivity contribution is -0.134. The van der Waals surface area contributed by atoms with Crippen LogP contribution in [0.5, 0.6) is 0 Å². The number of halogens is 1. The third-order valence-electron chi connectivity index (χ3n) is 2.19. The van der Waals surface area contributed by atoms with E-state index in [1.54, 1.807) is 13.8 Å². The molecule has 2 unspecified atom stereocenters. The minimum absolute atomic E-state index is 0.0314. The van der Waals surface area contributed by atoms with Crippen molar-refractivity contribution in [3.05, 3.63) is 0 Å². The molecule has 5 nitrogen and oxygen atoms in total. The molecule has 1 heterocycles. The molecule has 0 radical (unpaired) electrons. The van der Waals surface area contributed by atoms with E-state index < -0.39 is 23.5 Å². The summed E-state index contributed by atoms with van der Waals surface area (Å²) in [4.78, 5) is 25.2. The molecular formula is C8H12FN3O2. The maximum absolute atomic E-state index is 12.7. The van der Waals surface area contributed by atoms with Crippen molar-refractivity contribution in [1.82, 2.24) is 5.32 Å². The predicted molar refractivity (Wildman–Crippen MR) is 48.4 cm³/mol. The number of alkyl halides is 1. The van der Waals surface area contributed by atoms with Gasteiger partial charge in [-0.2, -0.15) is 4.99 Å². The van der Waals surface area contributed by atoms with Crippen molar-refractivity contribution >= 4 is 17.6 Å². The second-order valence-electron chi connectivity index (χ2n) is 3.42. The van der Waals surface area contributed by atoms with Gasteiger partial charge in [-0.05, 0) is 13.3 Å². The summed E-state index contributed by atoms with van der Waals surface area (Å²) in [7, 11) is 0. The Labute approximate surface area is 80.6 Å². The van der Waals surface area contributed by atoms with E-state index in [1.807, 2.05) is 0 Å². The zero-order valence-electron chi connectivity index (χ0n) is 8.00. The molecule has 6 heteroatoms. The van der Waals surface area contributed by atoms with Gasteiger partial charge in [-0.3, -0.25) is 9.59 Å². The number of carbonyl (C=O) groups excluding carboxylic acids is 2. The molecule has 2 amide bonds. The summed E-state index contributed by atoms with van der Waals surface area (Å²) in [5.74, 6) is -2.05. The number of amidine groups is 1. The average molecular weight is 201 g/mol. The van der Waals surface area contributed by atoms with Crippen molar-refractivity contribution in [2.75, 3.05) is 0 Å². The number of nitrogens with two attached hydrogens (primary N) is 1. The van der Waals surface area contributed by atoms with Crippen LogP contribution in [0, 0.1) is 0 Å². The molecule has 0 aromatic rings. The van der Waals surface area contributed by atoms with E-state index in [9.17, 15) is 14.0 Å². The summed E-state index contributed by atoms with van der Waals surface area (Å²) in [5.41, 5.74) is 4.83. The molecule has 78 valence electrons. The van der Waals surface area contributed by atoms with Gasteiger partial charge in [0.2, 0.25) is 0 Å². The van der Waals surface area contributed by atoms with Gasteiger partial charge in [0.1, 0.15) is 5.84 Å². The Balaban J connectivity index is 2.99. The summed E-state index contributed by atoms with van der Waals surface area (Å²) < 4.78 is 12.7. The first kappa shape index (κ1) is 10.8. The number of nitrogens with zero attached hydrogens (tertiary/aromatic N) is 1. The molecule has 0 fully saturated rings. The predicted octanol–water partition coefficient (Wildman–Crippen LogP) is -0.493. The molecule has 14 heavy (non-hydrogen) atoms. The molecule has 0 bridgehead atoms. The lowest BCUT2D eigenvalue weighted by Crippen LogP contribution is -2.58. The molecule has 0 aliphatic carbocycles. The van der Waals surface area contributed by atoms with Crippen molar-refractivity contribution in [2.24, 2.45) is 10.7 Å².